The predicted octanol–water partition coefficient (Wildman–Crippen LogP) is 3.91. The summed E-state index contributed by atoms with van der Waals surface area (Å²) in [5.41, 5.74) is 10.6. The zero-order chi connectivity index (χ0) is 17.5. The van der Waals surface area contributed by atoms with Crippen LogP contribution < -0.4 is 20.5 Å². The molecule has 0 saturated carbocycles. The minimum atomic E-state index is 0. The van der Waals surface area contributed by atoms with Crippen LogP contribution in [-0.4, -0.2) is 26.7 Å². The zero-order valence-corrected chi connectivity index (χ0v) is 17.5. The van der Waals surface area contributed by atoms with Gasteiger partial charge >= 0.3 is 0 Å². The summed E-state index contributed by atoms with van der Waals surface area (Å²) in [4.78, 5) is 4.40. The van der Waals surface area contributed by atoms with Crippen molar-refractivity contribution in [3.05, 3.63) is 53.1 Å². The van der Waals surface area contributed by atoms with Gasteiger partial charge in [-0.25, -0.2) is 0 Å². The number of benzene rings is 2. The second-order valence-corrected chi connectivity index (χ2v) is 5.64. The molecular weight excluding hydrogens is 429 g/mol. The fourth-order valence-corrected chi connectivity index (χ4v) is 2.51. The fourth-order valence-electron chi connectivity index (χ4n) is 2.51. The molecular formula is C19H26IN3O2. The molecule has 0 aliphatic rings. The number of nitrogens with one attached hydrogen (secondary N) is 1. The van der Waals surface area contributed by atoms with Crippen LogP contribution in [0.25, 0.3) is 0 Å². The molecule has 0 unspecified atom stereocenters. The zero-order valence-electron chi connectivity index (χ0n) is 15.1. The van der Waals surface area contributed by atoms with Gasteiger partial charge in [0.1, 0.15) is 11.5 Å². The van der Waals surface area contributed by atoms with Crippen LogP contribution in [0.2, 0.25) is 0 Å². The Hall–Kier alpha value is -1.96. The molecule has 0 aliphatic carbocycles. The van der Waals surface area contributed by atoms with Gasteiger partial charge in [-0.05, 0) is 43.5 Å². The Balaban J connectivity index is 0.00000312. The summed E-state index contributed by atoms with van der Waals surface area (Å²) < 4.78 is 10.5. The molecule has 2 aromatic rings. The Bertz CT molecular complexity index is 733. The standard InChI is InChI=1S/C19H25N3O2.HI/c1-13-5-6-15(14(2)11-13)9-10-21-19(20)22-17-12-16(23-3)7-8-18(17)24-4;/h5-8,11-12H,9-10H2,1-4H3,(H3,20,21,22);1H. The van der Waals surface area contributed by atoms with Gasteiger partial charge in [-0.2, -0.15) is 0 Å². The highest BCUT2D eigenvalue weighted by atomic mass is 127. The van der Waals surface area contributed by atoms with E-state index in [-0.39, 0.29) is 24.0 Å². The summed E-state index contributed by atoms with van der Waals surface area (Å²) in [6, 6.07) is 11.9. The van der Waals surface area contributed by atoms with Crippen molar-refractivity contribution in [3.8, 4) is 11.5 Å². The number of methoxy groups -OCH3 is 2. The Morgan fingerprint density at radius 1 is 1.08 bits per heavy atom. The first-order chi connectivity index (χ1) is 11.5. The second kappa shape index (κ2) is 10.1. The molecule has 3 N–H and O–H groups in total. The van der Waals surface area contributed by atoms with Crippen LogP contribution in [0.4, 0.5) is 5.69 Å². The number of nitrogens with two attached hydrogens (primary N) is 1. The third kappa shape index (κ3) is 6.12. The molecule has 0 aromatic heterocycles. The van der Waals surface area contributed by atoms with E-state index in [1.807, 2.05) is 18.2 Å². The number of hydrogen-bond donors (Lipinski definition) is 2. The van der Waals surface area contributed by atoms with E-state index in [9.17, 15) is 0 Å². The van der Waals surface area contributed by atoms with Gasteiger partial charge in [0, 0.05) is 12.6 Å². The van der Waals surface area contributed by atoms with Crippen LogP contribution in [0, 0.1) is 13.8 Å². The van der Waals surface area contributed by atoms with Crippen molar-refractivity contribution < 1.29 is 9.47 Å². The molecule has 25 heavy (non-hydrogen) atoms. The summed E-state index contributed by atoms with van der Waals surface area (Å²) in [5, 5.41) is 3.07. The Morgan fingerprint density at radius 3 is 2.48 bits per heavy atom. The molecule has 136 valence electrons. The van der Waals surface area contributed by atoms with E-state index in [2.05, 4.69) is 42.4 Å². The Kier molecular flexibility index (Phi) is 8.54. The average Bonchev–Trinajstić information content (AvgIpc) is 2.56. The molecule has 0 saturated heterocycles. The fraction of sp³-hybridized carbons (Fsp3) is 0.316. The monoisotopic (exact) mass is 455 g/mol. The number of rotatable bonds is 6. The van der Waals surface area contributed by atoms with E-state index < -0.39 is 0 Å². The van der Waals surface area contributed by atoms with Gasteiger partial charge in [-0.15, -0.1) is 24.0 Å². The van der Waals surface area contributed by atoms with E-state index in [4.69, 9.17) is 15.2 Å². The van der Waals surface area contributed by atoms with Crippen LogP contribution in [-0.2, 0) is 6.42 Å². The van der Waals surface area contributed by atoms with Crippen molar-refractivity contribution in [2.75, 3.05) is 26.1 Å². The van der Waals surface area contributed by atoms with E-state index in [0.29, 0.717) is 18.3 Å². The average molecular weight is 455 g/mol. The van der Waals surface area contributed by atoms with Crippen molar-refractivity contribution in [2.45, 2.75) is 20.3 Å². The molecule has 0 spiro atoms. The molecule has 2 rings (SSSR count). The molecule has 0 amide bonds. The lowest BCUT2D eigenvalue weighted by Crippen LogP contribution is -2.23. The lowest BCUT2D eigenvalue weighted by molar-refractivity contribution is 0.405. The first kappa shape index (κ1) is 21.1. The van der Waals surface area contributed by atoms with E-state index in [1.54, 1.807) is 14.2 Å². The van der Waals surface area contributed by atoms with Crippen molar-refractivity contribution >= 4 is 35.6 Å². The SMILES string of the molecule is COc1ccc(OC)c(NC(N)=NCCc2ccc(C)cc2C)c1.I. The first-order valence-electron chi connectivity index (χ1n) is 7.88. The van der Waals surface area contributed by atoms with Crippen LogP contribution in [0.3, 0.4) is 0 Å². The largest absolute Gasteiger partial charge is 0.497 e. The Morgan fingerprint density at radius 2 is 1.84 bits per heavy atom. The highest BCUT2D eigenvalue weighted by Gasteiger charge is 2.06. The quantitative estimate of drug-likeness (QED) is 0.394. The van der Waals surface area contributed by atoms with Gasteiger partial charge in [0.2, 0.25) is 0 Å². The number of hydrogen-bond acceptors (Lipinski definition) is 3. The smallest absolute Gasteiger partial charge is 0.193 e. The van der Waals surface area contributed by atoms with Crippen LogP contribution in [0.1, 0.15) is 16.7 Å². The molecule has 0 aliphatic heterocycles. The topological polar surface area (TPSA) is 68.9 Å². The molecule has 2 aromatic carbocycles. The Labute approximate surface area is 166 Å². The highest BCUT2D eigenvalue weighted by Crippen LogP contribution is 2.28. The lowest BCUT2D eigenvalue weighted by atomic mass is 10.0. The van der Waals surface area contributed by atoms with Crippen molar-refractivity contribution in [1.29, 1.82) is 0 Å². The maximum atomic E-state index is 5.99. The summed E-state index contributed by atoms with van der Waals surface area (Å²) in [6.07, 6.45) is 0.851. The van der Waals surface area contributed by atoms with Crippen LogP contribution >= 0.6 is 24.0 Å². The molecule has 5 nitrogen and oxygen atoms in total. The molecule has 0 heterocycles. The van der Waals surface area contributed by atoms with Crippen LogP contribution in [0.5, 0.6) is 11.5 Å². The minimum Gasteiger partial charge on any atom is -0.497 e. The third-order valence-corrected chi connectivity index (χ3v) is 3.83. The van der Waals surface area contributed by atoms with Gasteiger partial charge in [-0.3, -0.25) is 4.99 Å². The van der Waals surface area contributed by atoms with Crippen molar-refractivity contribution in [1.82, 2.24) is 0 Å². The number of nitrogens with zero attached hydrogens (tertiary/aromatic N) is 1. The molecule has 0 bridgehead atoms. The van der Waals surface area contributed by atoms with E-state index >= 15 is 0 Å². The normalized spacial score (nSPS) is 10.8. The van der Waals surface area contributed by atoms with Crippen LogP contribution in [0.15, 0.2) is 41.4 Å². The van der Waals surface area contributed by atoms with Gasteiger partial charge < -0.3 is 20.5 Å². The number of halogens is 1. The summed E-state index contributed by atoms with van der Waals surface area (Å²) in [6.45, 7) is 4.84. The van der Waals surface area contributed by atoms with E-state index in [1.165, 1.54) is 16.7 Å². The maximum absolute atomic E-state index is 5.99. The summed E-state index contributed by atoms with van der Waals surface area (Å²) >= 11 is 0. The number of guanidine groups is 1. The first-order valence-corrected chi connectivity index (χ1v) is 7.88. The van der Waals surface area contributed by atoms with Gasteiger partial charge in [-0.1, -0.05) is 23.8 Å². The number of aryl methyl sites for hydroxylation is 2. The highest BCUT2D eigenvalue weighted by molar-refractivity contribution is 14.0. The molecule has 0 atom stereocenters. The van der Waals surface area contributed by atoms with Crippen molar-refractivity contribution in [2.24, 2.45) is 10.7 Å². The predicted molar refractivity (Wildman–Crippen MR) is 115 cm³/mol. The summed E-state index contributed by atoms with van der Waals surface area (Å²) in [5.74, 6) is 1.76. The second-order valence-electron chi connectivity index (χ2n) is 5.64. The van der Waals surface area contributed by atoms with Crippen molar-refractivity contribution in [3.63, 3.8) is 0 Å². The number of aliphatic imine (C=N–C) groups is 1. The van der Waals surface area contributed by atoms with Gasteiger partial charge in [0.25, 0.3) is 0 Å². The number of anilines is 1. The van der Waals surface area contributed by atoms with Gasteiger partial charge in [0.05, 0.1) is 19.9 Å². The minimum absolute atomic E-state index is 0. The third-order valence-electron chi connectivity index (χ3n) is 3.83. The number of ether oxygens (including phenoxy) is 2. The molecule has 0 radical (unpaired) electrons. The van der Waals surface area contributed by atoms with Gasteiger partial charge in [0.15, 0.2) is 5.96 Å². The molecule has 6 heteroatoms. The molecule has 0 fully saturated rings. The summed E-state index contributed by atoms with van der Waals surface area (Å²) in [7, 11) is 3.23. The maximum Gasteiger partial charge on any atom is 0.193 e. The van der Waals surface area contributed by atoms with E-state index in [0.717, 1.165) is 17.9 Å². The lowest BCUT2D eigenvalue weighted by Gasteiger charge is -2.12.